The number of fused-ring (bicyclic) bond motifs is 1. The molecule has 128 valence electrons. The summed E-state index contributed by atoms with van der Waals surface area (Å²) in [5.41, 5.74) is 2.88. The van der Waals surface area contributed by atoms with E-state index < -0.39 is 11.7 Å². The number of amides is 1. The van der Waals surface area contributed by atoms with Crippen LogP contribution >= 0.6 is 0 Å². The molecular formula is C21H22N2O2. The number of aryl methyl sites for hydroxylation is 1. The summed E-state index contributed by atoms with van der Waals surface area (Å²) < 4.78 is 1.86. The fourth-order valence-electron chi connectivity index (χ4n) is 3.07. The molecule has 2 aromatic carbocycles. The van der Waals surface area contributed by atoms with E-state index >= 15 is 0 Å². The molecule has 3 rings (SSSR count). The second-order valence-corrected chi connectivity index (χ2v) is 7.25. The van der Waals surface area contributed by atoms with Gasteiger partial charge in [0.1, 0.15) is 0 Å². The van der Waals surface area contributed by atoms with E-state index in [0.717, 1.165) is 16.5 Å². The Hall–Kier alpha value is -2.88. The van der Waals surface area contributed by atoms with Crippen LogP contribution in [-0.2, 0) is 17.3 Å². The lowest BCUT2D eigenvalue weighted by molar-refractivity contribution is -0.112. The molecule has 0 unspecified atom stereocenters. The summed E-state index contributed by atoms with van der Waals surface area (Å²) >= 11 is 0. The van der Waals surface area contributed by atoms with Crippen LogP contribution in [0.15, 0.2) is 54.7 Å². The van der Waals surface area contributed by atoms with Crippen LogP contribution in [0, 0.1) is 0 Å². The lowest BCUT2D eigenvalue weighted by Crippen LogP contribution is -2.25. The Bertz CT molecular complexity index is 961. The maximum absolute atomic E-state index is 12.7. The molecule has 0 atom stereocenters. The molecule has 4 heteroatoms. The standard InChI is InChI=1S/C21H22N2O2/c1-21(2,3)16-10-6-7-11-17(16)22-20(25)19(24)15-13-23(4)18-12-8-5-9-14(15)18/h5-13H,1-4H3,(H,22,25). The Labute approximate surface area is 147 Å². The smallest absolute Gasteiger partial charge is 0.296 e. The minimum atomic E-state index is -0.618. The normalized spacial score (nSPS) is 11.5. The first-order chi connectivity index (χ1) is 11.8. The van der Waals surface area contributed by atoms with Crippen molar-refractivity contribution in [2.24, 2.45) is 7.05 Å². The molecule has 0 saturated heterocycles. The van der Waals surface area contributed by atoms with Crippen molar-refractivity contribution in [2.45, 2.75) is 26.2 Å². The van der Waals surface area contributed by atoms with Crippen LogP contribution in [0.2, 0.25) is 0 Å². The van der Waals surface area contributed by atoms with Crippen LogP contribution in [0.5, 0.6) is 0 Å². The monoisotopic (exact) mass is 334 g/mol. The van der Waals surface area contributed by atoms with E-state index in [2.05, 4.69) is 26.1 Å². The third-order valence-corrected chi connectivity index (χ3v) is 4.33. The molecule has 0 saturated carbocycles. The van der Waals surface area contributed by atoms with Crippen LogP contribution in [0.3, 0.4) is 0 Å². The van der Waals surface area contributed by atoms with Gasteiger partial charge in [0.25, 0.3) is 11.7 Å². The molecule has 1 amide bonds. The predicted molar refractivity (Wildman–Crippen MR) is 101 cm³/mol. The molecule has 4 nitrogen and oxygen atoms in total. The van der Waals surface area contributed by atoms with Crippen molar-refractivity contribution >= 4 is 28.3 Å². The van der Waals surface area contributed by atoms with E-state index in [-0.39, 0.29) is 5.41 Å². The average molecular weight is 334 g/mol. The predicted octanol–water partition coefficient (Wildman–Crippen LogP) is 4.30. The van der Waals surface area contributed by atoms with Crippen molar-refractivity contribution < 1.29 is 9.59 Å². The van der Waals surface area contributed by atoms with Crippen LogP contribution in [0.4, 0.5) is 5.69 Å². The molecule has 0 aliphatic rings. The Morgan fingerprint density at radius 3 is 2.32 bits per heavy atom. The Balaban J connectivity index is 1.93. The summed E-state index contributed by atoms with van der Waals surface area (Å²) in [7, 11) is 1.87. The first kappa shape index (κ1) is 17.0. The highest BCUT2D eigenvalue weighted by Crippen LogP contribution is 2.29. The third-order valence-electron chi connectivity index (χ3n) is 4.33. The van der Waals surface area contributed by atoms with Gasteiger partial charge >= 0.3 is 0 Å². The van der Waals surface area contributed by atoms with Crippen molar-refractivity contribution in [3.63, 3.8) is 0 Å². The molecule has 0 aliphatic heterocycles. The lowest BCUT2D eigenvalue weighted by atomic mass is 9.86. The fraction of sp³-hybridized carbons (Fsp3) is 0.238. The topological polar surface area (TPSA) is 51.1 Å². The Morgan fingerprint density at radius 2 is 1.60 bits per heavy atom. The highest BCUT2D eigenvalue weighted by molar-refractivity contribution is 6.48. The van der Waals surface area contributed by atoms with Gasteiger partial charge in [-0.2, -0.15) is 0 Å². The number of carbonyl (C=O) groups is 2. The Kier molecular flexibility index (Phi) is 4.21. The minimum absolute atomic E-state index is 0.133. The lowest BCUT2D eigenvalue weighted by Gasteiger charge is -2.22. The van der Waals surface area contributed by atoms with Crippen LogP contribution < -0.4 is 5.32 Å². The van der Waals surface area contributed by atoms with Crippen molar-refractivity contribution in [3.8, 4) is 0 Å². The van der Waals surface area contributed by atoms with E-state index in [1.165, 1.54) is 0 Å². The molecule has 3 aromatic rings. The number of para-hydroxylation sites is 2. The molecule has 0 fully saturated rings. The number of hydrogen-bond acceptors (Lipinski definition) is 2. The van der Waals surface area contributed by atoms with Gasteiger partial charge in [0.2, 0.25) is 0 Å². The number of rotatable bonds is 3. The van der Waals surface area contributed by atoms with Gasteiger partial charge < -0.3 is 9.88 Å². The van der Waals surface area contributed by atoms with Gasteiger partial charge in [0, 0.05) is 29.8 Å². The zero-order chi connectivity index (χ0) is 18.2. The number of nitrogens with zero attached hydrogens (tertiary/aromatic N) is 1. The number of benzene rings is 2. The second-order valence-electron chi connectivity index (χ2n) is 7.25. The van der Waals surface area contributed by atoms with Crippen molar-refractivity contribution in [3.05, 3.63) is 65.9 Å². The quantitative estimate of drug-likeness (QED) is 0.573. The minimum Gasteiger partial charge on any atom is -0.350 e. The molecule has 25 heavy (non-hydrogen) atoms. The van der Waals surface area contributed by atoms with Crippen molar-refractivity contribution in [1.29, 1.82) is 0 Å². The van der Waals surface area contributed by atoms with Gasteiger partial charge in [-0.1, -0.05) is 57.2 Å². The highest BCUT2D eigenvalue weighted by Gasteiger charge is 2.24. The molecule has 0 aliphatic carbocycles. The van der Waals surface area contributed by atoms with E-state index in [0.29, 0.717) is 11.3 Å². The summed E-state index contributed by atoms with van der Waals surface area (Å²) in [6.45, 7) is 6.22. The molecule has 1 N–H and O–H groups in total. The number of anilines is 1. The molecular weight excluding hydrogens is 312 g/mol. The first-order valence-corrected chi connectivity index (χ1v) is 8.28. The fourth-order valence-corrected chi connectivity index (χ4v) is 3.07. The number of Topliss-reactive ketones (excluding diaryl/α,β-unsaturated/α-hetero) is 1. The van der Waals surface area contributed by atoms with Crippen molar-refractivity contribution in [1.82, 2.24) is 4.57 Å². The molecule has 0 bridgehead atoms. The van der Waals surface area contributed by atoms with E-state index in [9.17, 15) is 9.59 Å². The van der Waals surface area contributed by atoms with Gasteiger partial charge in [-0.05, 0) is 23.1 Å². The molecule has 1 heterocycles. The van der Waals surface area contributed by atoms with E-state index in [1.54, 1.807) is 6.20 Å². The summed E-state index contributed by atoms with van der Waals surface area (Å²) in [4.78, 5) is 25.3. The van der Waals surface area contributed by atoms with Crippen LogP contribution in [0.1, 0.15) is 36.7 Å². The molecule has 0 radical (unpaired) electrons. The Morgan fingerprint density at radius 1 is 0.960 bits per heavy atom. The number of aromatic nitrogens is 1. The largest absolute Gasteiger partial charge is 0.350 e. The van der Waals surface area contributed by atoms with Gasteiger partial charge in [-0.15, -0.1) is 0 Å². The zero-order valence-corrected chi connectivity index (χ0v) is 15.0. The summed E-state index contributed by atoms with van der Waals surface area (Å²) in [6, 6.07) is 15.2. The summed E-state index contributed by atoms with van der Waals surface area (Å²) in [5, 5.41) is 3.58. The molecule has 1 aromatic heterocycles. The first-order valence-electron chi connectivity index (χ1n) is 8.28. The van der Waals surface area contributed by atoms with Gasteiger partial charge in [0.15, 0.2) is 0 Å². The van der Waals surface area contributed by atoms with E-state index in [1.807, 2.05) is 60.1 Å². The highest BCUT2D eigenvalue weighted by atomic mass is 16.2. The number of carbonyl (C=O) groups excluding carboxylic acids is 2. The third kappa shape index (κ3) is 3.20. The molecule has 0 spiro atoms. The second kappa shape index (κ2) is 6.20. The van der Waals surface area contributed by atoms with E-state index in [4.69, 9.17) is 0 Å². The summed E-state index contributed by atoms with van der Waals surface area (Å²) in [5.74, 6) is -1.14. The summed E-state index contributed by atoms with van der Waals surface area (Å²) in [6.07, 6.45) is 1.71. The average Bonchev–Trinajstić information content (AvgIpc) is 2.91. The van der Waals surface area contributed by atoms with Gasteiger partial charge in [0.05, 0.1) is 5.56 Å². The number of nitrogens with one attached hydrogen (secondary N) is 1. The SMILES string of the molecule is Cn1cc(C(=O)C(=O)Nc2ccccc2C(C)(C)C)c2ccccc21. The van der Waals surface area contributed by atoms with Gasteiger partial charge in [-0.3, -0.25) is 9.59 Å². The van der Waals surface area contributed by atoms with Crippen LogP contribution in [-0.4, -0.2) is 16.3 Å². The maximum Gasteiger partial charge on any atom is 0.296 e. The number of ketones is 1. The zero-order valence-electron chi connectivity index (χ0n) is 15.0. The number of hydrogen-bond donors (Lipinski definition) is 1. The van der Waals surface area contributed by atoms with Crippen LogP contribution in [0.25, 0.3) is 10.9 Å². The van der Waals surface area contributed by atoms with Crippen molar-refractivity contribution in [2.75, 3.05) is 5.32 Å². The maximum atomic E-state index is 12.7. The van der Waals surface area contributed by atoms with Gasteiger partial charge in [-0.25, -0.2) is 0 Å².